The summed E-state index contributed by atoms with van der Waals surface area (Å²) in [5.74, 6) is 0.504. The Labute approximate surface area is 189 Å². The van der Waals surface area contributed by atoms with Gasteiger partial charge in [-0.2, -0.15) is 8.78 Å². The lowest BCUT2D eigenvalue weighted by Gasteiger charge is -2.39. The van der Waals surface area contributed by atoms with Crippen molar-refractivity contribution in [1.29, 1.82) is 0 Å². The monoisotopic (exact) mass is 456 g/mol. The van der Waals surface area contributed by atoms with E-state index >= 15 is 0 Å². The molecule has 0 bridgehead atoms. The van der Waals surface area contributed by atoms with Crippen LogP contribution in [0.5, 0.6) is 23.0 Å². The van der Waals surface area contributed by atoms with Gasteiger partial charge in [-0.3, -0.25) is 9.69 Å². The Hall–Kier alpha value is -4.01. The molecule has 3 aromatic rings. The zero-order valence-corrected chi connectivity index (χ0v) is 18.2. The molecule has 0 fully saturated rings. The maximum Gasteiger partial charge on any atom is 0.387 e. The molecule has 0 spiro atoms. The minimum atomic E-state index is -3.09. The summed E-state index contributed by atoms with van der Waals surface area (Å²) in [4.78, 5) is 15.1. The van der Waals surface area contributed by atoms with Gasteiger partial charge in [-0.05, 0) is 30.3 Å². The normalized spacial score (nSPS) is 15.0. The fraction of sp³-hybridized carbons (Fsp3) is 0.208. The van der Waals surface area contributed by atoms with Crippen LogP contribution in [0.2, 0.25) is 0 Å². The zero-order valence-electron chi connectivity index (χ0n) is 18.2. The Morgan fingerprint density at radius 3 is 2.36 bits per heavy atom. The van der Waals surface area contributed by atoms with Crippen LogP contribution < -0.4 is 29.2 Å². The van der Waals surface area contributed by atoms with Crippen LogP contribution in [0.1, 0.15) is 22.1 Å². The fourth-order valence-corrected chi connectivity index (χ4v) is 3.83. The highest BCUT2D eigenvalue weighted by Gasteiger charge is 2.38. The van der Waals surface area contributed by atoms with Crippen LogP contribution in [0.4, 0.5) is 20.2 Å². The summed E-state index contributed by atoms with van der Waals surface area (Å²) in [5, 5.41) is 3.27. The lowest BCUT2D eigenvalue weighted by Crippen LogP contribution is -2.43. The van der Waals surface area contributed by atoms with Gasteiger partial charge in [-0.1, -0.05) is 24.3 Å². The molecular formula is C24H22F2N2O5. The van der Waals surface area contributed by atoms with Gasteiger partial charge < -0.3 is 24.3 Å². The summed E-state index contributed by atoms with van der Waals surface area (Å²) >= 11 is 0. The molecule has 0 saturated carbocycles. The van der Waals surface area contributed by atoms with Crippen LogP contribution in [0.3, 0.4) is 0 Å². The number of hydrogen-bond acceptors (Lipinski definition) is 6. The van der Waals surface area contributed by atoms with E-state index < -0.39 is 12.8 Å². The van der Waals surface area contributed by atoms with Crippen LogP contribution >= 0.6 is 0 Å². The van der Waals surface area contributed by atoms with Crippen molar-refractivity contribution in [2.45, 2.75) is 12.8 Å². The second-order valence-corrected chi connectivity index (χ2v) is 7.06. The predicted octanol–water partition coefficient (Wildman–Crippen LogP) is 5.08. The number of rotatable bonds is 7. The Bertz CT molecular complexity index is 1170. The summed E-state index contributed by atoms with van der Waals surface area (Å²) in [5.41, 5.74) is 1.68. The number of amides is 1. The standard InChI is InChI=1S/C24H22F2N2O5/c1-30-14-11-12-18(20(13-14)32-3)28-22(27-17-9-5-4-7-15(17)23(28)29)16-8-6-10-19(31-2)21(16)33-24(25)26/h4-13,22,24,27H,1-3H3/t22-/m1/s1. The molecule has 0 radical (unpaired) electrons. The van der Waals surface area contributed by atoms with Gasteiger partial charge in [0.15, 0.2) is 11.5 Å². The molecule has 1 aliphatic rings. The van der Waals surface area contributed by atoms with Gasteiger partial charge in [0.25, 0.3) is 5.91 Å². The molecule has 9 heteroatoms. The van der Waals surface area contributed by atoms with Crippen LogP contribution in [0.25, 0.3) is 0 Å². The molecule has 1 N–H and O–H groups in total. The quantitative estimate of drug-likeness (QED) is 0.535. The van der Waals surface area contributed by atoms with Gasteiger partial charge in [0, 0.05) is 17.3 Å². The lowest BCUT2D eigenvalue weighted by atomic mass is 10.0. The number of alkyl halides is 2. The van der Waals surface area contributed by atoms with Crippen molar-refractivity contribution < 1.29 is 32.5 Å². The molecule has 0 aliphatic carbocycles. The minimum Gasteiger partial charge on any atom is -0.497 e. The largest absolute Gasteiger partial charge is 0.497 e. The number of benzene rings is 3. The van der Waals surface area contributed by atoms with Crippen molar-refractivity contribution in [1.82, 2.24) is 0 Å². The van der Waals surface area contributed by atoms with Crippen molar-refractivity contribution in [3.63, 3.8) is 0 Å². The molecule has 0 saturated heterocycles. The second kappa shape index (κ2) is 9.23. The number of carbonyl (C=O) groups is 1. The molecule has 4 rings (SSSR count). The highest BCUT2D eigenvalue weighted by Crippen LogP contribution is 2.45. The van der Waals surface area contributed by atoms with E-state index in [0.29, 0.717) is 28.4 Å². The van der Waals surface area contributed by atoms with E-state index in [1.54, 1.807) is 54.6 Å². The number of carbonyl (C=O) groups excluding carboxylic acids is 1. The molecular weight excluding hydrogens is 434 g/mol. The first-order valence-corrected chi connectivity index (χ1v) is 10.0. The van der Waals surface area contributed by atoms with Gasteiger partial charge in [0.2, 0.25) is 0 Å². The van der Waals surface area contributed by atoms with Crippen LogP contribution in [0, 0.1) is 0 Å². The molecule has 1 atom stereocenters. The highest BCUT2D eigenvalue weighted by atomic mass is 19.3. The minimum absolute atomic E-state index is 0.113. The Morgan fingerprint density at radius 2 is 1.67 bits per heavy atom. The van der Waals surface area contributed by atoms with Crippen molar-refractivity contribution in [2.75, 3.05) is 31.5 Å². The first-order chi connectivity index (χ1) is 16.0. The molecule has 1 aliphatic heterocycles. The van der Waals surface area contributed by atoms with Gasteiger partial charge >= 0.3 is 6.61 Å². The number of halogens is 2. The Morgan fingerprint density at radius 1 is 0.909 bits per heavy atom. The third-order valence-electron chi connectivity index (χ3n) is 5.30. The number of nitrogens with one attached hydrogen (secondary N) is 1. The number of methoxy groups -OCH3 is 3. The maximum absolute atomic E-state index is 13.7. The van der Waals surface area contributed by atoms with E-state index in [1.165, 1.54) is 32.3 Å². The summed E-state index contributed by atoms with van der Waals surface area (Å²) < 4.78 is 47.5. The number of anilines is 2. The second-order valence-electron chi connectivity index (χ2n) is 7.06. The lowest BCUT2D eigenvalue weighted by molar-refractivity contribution is -0.0519. The number of nitrogens with zero attached hydrogens (tertiary/aromatic N) is 1. The SMILES string of the molecule is COc1ccc(N2C(=O)c3ccccc3N[C@H]2c2cccc(OC)c2OC(F)F)c(OC)c1. The van der Waals surface area contributed by atoms with Crippen molar-refractivity contribution in [2.24, 2.45) is 0 Å². The topological polar surface area (TPSA) is 69.3 Å². The summed E-state index contributed by atoms with van der Waals surface area (Å²) in [6, 6.07) is 16.7. The smallest absolute Gasteiger partial charge is 0.387 e. The summed E-state index contributed by atoms with van der Waals surface area (Å²) in [6.45, 7) is -3.09. The molecule has 0 aromatic heterocycles. The molecule has 7 nitrogen and oxygen atoms in total. The van der Waals surface area contributed by atoms with Crippen LogP contribution in [0.15, 0.2) is 60.7 Å². The van der Waals surface area contributed by atoms with Gasteiger partial charge in [-0.15, -0.1) is 0 Å². The highest BCUT2D eigenvalue weighted by molar-refractivity contribution is 6.12. The third-order valence-corrected chi connectivity index (χ3v) is 5.30. The average Bonchev–Trinajstić information content (AvgIpc) is 2.83. The molecule has 33 heavy (non-hydrogen) atoms. The average molecular weight is 456 g/mol. The molecule has 172 valence electrons. The number of ether oxygens (including phenoxy) is 4. The van der Waals surface area contributed by atoms with Crippen LogP contribution in [-0.4, -0.2) is 33.8 Å². The van der Waals surface area contributed by atoms with E-state index in [1.807, 2.05) is 0 Å². The molecule has 3 aromatic carbocycles. The van der Waals surface area contributed by atoms with Crippen molar-refractivity contribution in [3.05, 3.63) is 71.8 Å². The number of para-hydroxylation sites is 2. The Balaban J connectivity index is 1.94. The Kier molecular flexibility index (Phi) is 6.21. The van der Waals surface area contributed by atoms with Crippen LogP contribution in [-0.2, 0) is 0 Å². The first-order valence-electron chi connectivity index (χ1n) is 10.0. The molecule has 1 amide bonds. The molecule has 1 heterocycles. The summed E-state index contributed by atoms with van der Waals surface area (Å²) in [6.07, 6.45) is -0.904. The van der Waals surface area contributed by atoms with E-state index in [-0.39, 0.29) is 23.0 Å². The van der Waals surface area contributed by atoms with E-state index in [4.69, 9.17) is 18.9 Å². The zero-order chi connectivity index (χ0) is 23.5. The maximum atomic E-state index is 13.7. The first kappa shape index (κ1) is 22.2. The van der Waals surface area contributed by atoms with Crippen molar-refractivity contribution in [3.8, 4) is 23.0 Å². The van der Waals surface area contributed by atoms with Gasteiger partial charge in [0.05, 0.1) is 32.6 Å². The van der Waals surface area contributed by atoms with E-state index in [9.17, 15) is 13.6 Å². The molecule has 0 unspecified atom stereocenters. The van der Waals surface area contributed by atoms with Gasteiger partial charge in [-0.25, -0.2) is 0 Å². The number of hydrogen-bond donors (Lipinski definition) is 1. The van der Waals surface area contributed by atoms with E-state index in [2.05, 4.69) is 5.32 Å². The number of fused-ring (bicyclic) bond motifs is 1. The van der Waals surface area contributed by atoms with Crippen molar-refractivity contribution >= 4 is 17.3 Å². The van der Waals surface area contributed by atoms with Gasteiger partial charge in [0.1, 0.15) is 17.7 Å². The predicted molar refractivity (Wildman–Crippen MR) is 119 cm³/mol. The fourth-order valence-electron chi connectivity index (χ4n) is 3.83. The summed E-state index contributed by atoms with van der Waals surface area (Å²) in [7, 11) is 4.35. The van der Waals surface area contributed by atoms with E-state index in [0.717, 1.165) is 0 Å². The third kappa shape index (κ3) is 4.09.